The fraction of sp³-hybridized carbons (Fsp3) is 0.238. The van der Waals surface area contributed by atoms with Gasteiger partial charge in [-0.3, -0.25) is 30.6 Å². The minimum absolute atomic E-state index is 0.0272. The Bertz CT molecular complexity index is 890. The van der Waals surface area contributed by atoms with E-state index in [-0.39, 0.29) is 30.5 Å². The maximum atomic E-state index is 11.9. The number of nitrogens with one attached hydrogen (secondary N) is 4. The highest BCUT2D eigenvalue weighted by Gasteiger charge is 2.09. The van der Waals surface area contributed by atoms with Gasteiger partial charge in [0.15, 0.2) is 11.7 Å². The van der Waals surface area contributed by atoms with Crippen molar-refractivity contribution in [2.45, 2.75) is 26.3 Å². The van der Waals surface area contributed by atoms with Crippen LogP contribution in [0.1, 0.15) is 24.0 Å². The van der Waals surface area contributed by atoms with Gasteiger partial charge < -0.3 is 10.1 Å². The molecule has 0 heterocycles. The van der Waals surface area contributed by atoms with Gasteiger partial charge in [-0.1, -0.05) is 48.5 Å². The molecular formula is C21H24N4O4S. The summed E-state index contributed by atoms with van der Waals surface area (Å²) < 4.78 is 5.41. The van der Waals surface area contributed by atoms with Gasteiger partial charge >= 0.3 is 0 Å². The SMILES string of the molecule is Cc1ccccc1OCC(=O)NC(=S)NNC(=O)CCC(=O)NCc1ccccc1. The first-order chi connectivity index (χ1) is 14.4. The van der Waals surface area contributed by atoms with Crippen molar-refractivity contribution in [2.75, 3.05) is 6.61 Å². The predicted octanol–water partition coefficient (Wildman–Crippen LogP) is 1.49. The smallest absolute Gasteiger partial charge is 0.264 e. The normalized spacial score (nSPS) is 9.90. The number of amides is 3. The van der Waals surface area contributed by atoms with Crippen molar-refractivity contribution in [3.8, 4) is 5.75 Å². The van der Waals surface area contributed by atoms with E-state index in [0.29, 0.717) is 12.3 Å². The van der Waals surface area contributed by atoms with E-state index < -0.39 is 11.8 Å². The molecule has 0 aromatic heterocycles. The number of benzene rings is 2. The molecule has 0 saturated carbocycles. The molecule has 9 heteroatoms. The van der Waals surface area contributed by atoms with E-state index in [0.717, 1.165) is 11.1 Å². The number of carbonyl (C=O) groups excluding carboxylic acids is 3. The van der Waals surface area contributed by atoms with Crippen molar-refractivity contribution < 1.29 is 19.1 Å². The van der Waals surface area contributed by atoms with E-state index in [4.69, 9.17) is 17.0 Å². The van der Waals surface area contributed by atoms with Crippen LogP contribution in [-0.2, 0) is 20.9 Å². The summed E-state index contributed by atoms with van der Waals surface area (Å²) in [4.78, 5) is 35.5. The fourth-order valence-corrected chi connectivity index (χ4v) is 2.52. The van der Waals surface area contributed by atoms with E-state index >= 15 is 0 Å². The Labute approximate surface area is 180 Å². The second-order valence-electron chi connectivity index (χ2n) is 6.37. The zero-order chi connectivity index (χ0) is 21.8. The molecule has 2 rings (SSSR count). The van der Waals surface area contributed by atoms with E-state index in [1.807, 2.05) is 55.5 Å². The third-order valence-corrected chi connectivity index (χ3v) is 4.14. The first kappa shape index (κ1) is 22.8. The van der Waals surface area contributed by atoms with Crippen LogP contribution >= 0.6 is 12.2 Å². The van der Waals surface area contributed by atoms with Gasteiger partial charge in [0, 0.05) is 19.4 Å². The first-order valence-electron chi connectivity index (χ1n) is 9.32. The van der Waals surface area contributed by atoms with Crippen molar-refractivity contribution in [3.63, 3.8) is 0 Å². The Morgan fingerprint density at radius 1 is 0.867 bits per heavy atom. The molecule has 0 spiro atoms. The Morgan fingerprint density at radius 3 is 2.27 bits per heavy atom. The summed E-state index contributed by atoms with van der Waals surface area (Å²) in [6.45, 7) is 2.05. The highest BCUT2D eigenvalue weighted by atomic mass is 32.1. The van der Waals surface area contributed by atoms with Gasteiger partial charge in [0.25, 0.3) is 5.91 Å². The molecule has 30 heavy (non-hydrogen) atoms. The summed E-state index contributed by atoms with van der Waals surface area (Å²) in [6.07, 6.45) is 0.00428. The van der Waals surface area contributed by atoms with Gasteiger partial charge in [-0.25, -0.2) is 0 Å². The summed E-state index contributed by atoms with van der Waals surface area (Å²) in [6, 6.07) is 16.8. The molecule has 0 fully saturated rings. The number of para-hydroxylation sites is 1. The van der Waals surface area contributed by atoms with E-state index in [2.05, 4.69) is 21.5 Å². The molecular weight excluding hydrogens is 404 g/mol. The van der Waals surface area contributed by atoms with Crippen LogP contribution in [0.15, 0.2) is 54.6 Å². The fourth-order valence-electron chi connectivity index (χ4n) is 2.36. The van der Waals surface area contributed by atoms with Crippen LogP contribution in [0.2, 0.25) is 0 Å². The second-order valence-corrected chi connectivity index (χ2v) is 6.78. The minimum atomic E-state index is -0.467. The van der Waals surface area contributed by atoms with Gasteiger partial charge in [0.05, 0.1) is 0 Å². The number of aryl methyl sites for hydroxylation is 1. The largest absolute Gasteiger partial charge is 0.483 e. The van der Waals surface area contributed by atoms with Crippen LogP contribution in [-0.4, -0.2) is 29.4 Å². The van der Waals surface area contributed by atoms with E-state index in [9.17, 15) is 14.4 Å². The number of hydrazine groups is 1. The number of hydrogen-bond acceptors (Lipinski definition) is 5. The maximum absolute atomic E-state index is 11.9. The van der Waals surface area contributed by atoms with Crippen LogP contribution in [0.25, 0.3) is 0 Å². The molecule has 4 N–H and O–H groups in total. The molecule has 0 bridgehead atoms. The lowest BCUT2D eigenvalue weighted by Gasteiger charge is -2.12. The summed E-state index contributed by atoms with van der Waals surface area (Å²) in [5.74, 6) is -0.536. The average molecular weight is 429 g/mol. The molecule has 0 saturated heterocycles. The molecule has 158 valence electrons. The molecule has 0 aliphatic heterocycles. The lowest BCUT2D eigenvalue weighted by atomic mass is 10.2. The number of thiocarbonyl (C=S) groups is 1. The Morgan fingerprint density at radius 2 is 1.53 bits per heavy atom. The quantitative estimate of drug-likeness (QED) is 0.375. The molecule has 2 aromatic rings. The molecule has 0 radical (unpaired) electrons. The number of rotatable bonds is 8. The number of carbonyl (C=O) groups is 3. The lowest BCUT2D eigenvalue weighted by Crippen LogP contribution is -2.49. The first-order valence-corrected chi connectivity index (χ1v) is 9.72. The van der Waals surface area contributed by atoms with Crippen molar-refractivity contribution >= 4 is 35.1 Å². The number of ether oxygens (including phenoxy) is 1. The van der Waals surface area contributed by atoms with Crippen LogP contribution in [0, 0.1) is 6.92 Å². The standard InChI is InChI=1S/C21H24N4O4S/c1-15-7-5-6-10-17(15)29-14-20(28)23-21(30)25-24-19(27)12-11-18(26)22-13-16-8-3-2-4-9-16/h2-10H,11-14H2,1H3,(H,22,26)(H,24,27)(H2,23,25,28,30). The van der Waals surface area contributed by atoms with Gasteiger partial charge in [-0.15, -0.1) is 0 Å². The summed E-state index contributed by atoms with van der Waals surface area (Å²) >= 11 is 4.94. The van der Waals surface area contributed by atoms with Gasteiger partial charge in [-0.2, -0.15) is 0 Å². The molecule has 3 amide bonds. The highest BCUT2D eigenvalue weighted by Crippen LogP contribution is 2.15. The predicted molar refractivity (Wildman–Crippen MR) is 116 cm³/mol. The Hall–Kier alpha value is -3.46. The van der Waals surface area contributed by atoms with Crippen molar-refractivity contribution in [1.82, 2.24) is 21.5 Å². The van der Waals surface area contributed by atoms with Gasteiger partial charge in [0.2, 0.25) is 11.8 Å². The summed E-state index contributed by atoms with van der Waals surface area (Å²) in [5, 5.41) is 5.06. The third-order valence-electron chi connectivity index (χ3n) is 3.93. The van der Waals surface area contributed by atoms with Crippen LogP contribution in [0.4, 0.5) is 0 Å². The molecule has 8 nitrogen and oxygen atoms in total. The maximum Gasteiger partial charge on any atom is 0.264 e. The minimum Gasteiger partial charge on any atom is -0.483 e. The lowest BCUT2D eigenvalue weighted by molar-refractivity contribution is -0.126. The average Bonchev–Trinajstić information content (AvgIpc) is 2.75. The summed E-state index contributed by atoms with van der Waals surface area (Å²) in [7, 11) is 0. The Kier molecular flexibility index (Phi) is 9.26. The summed E-state index contributed by atoms with van der Waals surface area (Å²) in [5.41, 5.74) is 6.64. The van der Waals surface area contributed by atoms with Crippen molar-refractivity contribution in [2.24, 2.45) is 0 Å². The van der Waals surface area contributed by atoms with Crippen LogP contribution in [0.3, 0.4) is 0 Å². The topological polar surface area (TPSA) is 109 Å². The van der Waals surface area contributed by atoms with Crippen molar-refractivity contribution in [3.05, 3.63) is 65.7 Å². The van der Waals surface area contributed by atoms with E-state index in [1.54, 1.807) is 6.07 Å². The van der Waals surface area contributed by atoms with Crippen molar-refractivity contribution in [1.29, 1.82) is 0 Å². The molecule has 0 aliphatic rings. The van der Waals surface area contributed by atoms with Gasteiger partial charge in [0.1, 0.15) is 5.75 Å². The highest BCUT2D eigenvalue weighted by molar-refractivity contribution is 7.80. The van der Waals surface area contributed by atoms with E-state index in [1.165, 1.54) is 0 Å². The Balaban J connectivity index is 1.58. The zero-order valence-electron chi connectivity index (χ0n) is 16.6. The number of hydrogen-bond donors (Lipinski definition) is 4. The monoisotopic (exact) mass is 428 g/mol. The molecule has 0 unspecified atom stereocenters. The molecule has 2 aromatic carbocycles. The van der Waals surface area contributed by atoms with Gasteiger partial charge in [-0.05, 0) is 36.3 Å². The second kappa shape index (κ2) is 12.2. The zero-order valence-corrected chi connectivity index (χ0v) is 17.4. The van der Waals surface area contributed by atoms with Crippen LogP contribution in [0.5, 0.6) is 5.75 Å². The molecule has 0 atom stereocenters. The molecule has 0 aliphatic carbocycles. The third kappa shape index (κ3) is 8.70. The van der Waals surface area contributed by atoms with Crippen LogP contribution < -0.4 is 26.2 Å².